The molecular weight excluding hydrogens is 258 g/mol. The summed E-state index contributed by atoms with van der Waals surface area (Å²) < 4.78 is 0. The van der Waals surface area contributed by atoms with Crippen LogP contribution in [0, 0.1) is 0 Å². The lowest BCUT2D eigenvalue weighted by Crippen LogP contribution is -2.50. The quantitative estimate of drug-likeness (QED) is 0.805. The van der Waals surface area contributed by atoms with Crippen LogP contribution >= 0.6 is 0 Å². The van der Waals surface area contributed by atoms with Gasteiger partial charge in [0.1, 0.15) is 0 Å². The lowest BCUT2D eigenvalue weighted by molar-refractivity contribution is -0.137. The summed E-state index contributed by atoms with van der Waals surface area (Å²) in [6, 6.07) is 0.552. The van der Waals surface area contributed by atoms with Gasteiger partial charge in [-0.15, -0.1) is 0 Å². The predicted molar refractivity (Wildman–Crippen MR) is 73.5 cm³/mol. The minimum Gasteiger partial charge on any atom is -0.481 e. The molecule has 3 unspecified atom stereocenters. The van der Waals surface area contributed by atoms with E-state index in [0.717, 1.165) is 32.4 Å². The number of nitrogens with zero attached hydrogens (tertiary/aromatic N) is 2. The van der Waals surface area contributed by atoms with E-state index >= 15 is 0 Å². The fraction of sp³-hybridized carbons (Fsp3) is 0.857. The molecule has 6 nitrogen and oxygen atoms in total. The van der Waals surface area contributed by atoms with Gasteiger partial charge in [-0.2, -0.15) is 0 Å². The number of fused-ring (bicyclic) bond motifs is 1. The Morgan fingerprint density at radius 1 is 1.10 bits per heavy atom. The van der Waals surface area contributed by atoms with E-state index in [1.165, 1.54) is 12.8 Å². The highest BCUT2D eigenvalue weighted by atomic mass is 16.4. The third kappa shape index (κ3) is 2.61. The Labute approximate surface area is 119 Å². The van der Waals surface area contributed by atoms with Gasteiger partial charge < -0.3 is 15.3 Å². The molecule has 0 bridgehead atoms. The van der Waals surface area contributed by atoms with E-state index in [2.05, 4.69) is 10.2 Å². The molecule has 20 heavy (non-hydrogen) atoms. The molecule has 3 aliphatic rings. The Morgan fingerprint density at radius 2 is 1.90 bits per heavy atom. The van der Waals surface area contributed by atoms with Crippen molar-refractivity contribution in [1.29, 1.82) is 0 Å². The summed E-state index contributed by atoms with van der Waals surface area (Å²) in [5.41, 5.74) is 0. The molecular formula is C14H23N3O3. The maximum Gasteiger partial charge on any atom is 0.317 e. The number of likely N-dealkylation sites (tertiary alicyclic amines) is 1. The number of hydrogen-bond donors (Lipinski definition) is 2. The molecule has 3 aliphatic heterocycles. The van der Waals surface area contributed by atoms with Crippen molar-refractivity contribution >= 4 is 12.0 Å². The number of urea groups is 1. The third-order valence-corrected chi connectivity index (χ3v) is 4.96. The van der Waals surface area contributed by atoms with E-state index in [4.69, 9.17) is 5.11 Å². The standard InChI is InChI=1S/C14H23N3O3/c18-13(19)9-10-3-1-7-17(10)14(20)15-11-5-8-16-6-2-4-12(11)16/h10-12H,1-9H2,(H,15,20)(H,18,19). The van der Waals surface area contributed by atoms with Gasteiger partial charge in [-0.3, -0.25) is 9.69 Å². The summed E-state index contributed by atoms with van der Waals surface area (Å²) in [6.07, 6.45) is 5.19. The average Bonchev–Trinajstić information content (AvgIpc) is 3.06. The van der Waals surface area contributed by atoms with Gasteiger partial charge in [0.15, 0.2) is 0 Å². The molecule has 0 aromatic carbocycles. The van der Waals surface area contributed by atoms with Gasteiger partial charge in [-0.1, -0.05) is 0 Å². The fourth-order valence-electron chi connectivity index (χ4n) is 4.01. The van der Waals surface area contributed by atoms with Gasteiger partial charge in [0.25, 0.3) is 0 Å². The van der Waals surface area contributed by atoms with E-state index in [-0.39, 0.29) is 24.5 Å². The van der Waals surface area contributed by atoms with Crippen LogP contribution < -0.4 is 5.32 Å². The van der Waals surface area contributed by atoms with Crippen LogP contribution in [0.3, 0.4) is 0 Å². The number of carbonyl (C=O) groups is 2. The van der Waals surface area contributed by atoms with Crippen molar-refractivity contribution in [3.63, 3.8) is 0 Å². The second-order valence-electron chi connectivity index (χ2n) is 6.18. The minimum absolute atomic E-state index is 0.0625. The lowest BCUT2D eigenvalue weighted by Gasteiger charge is -2.28. The maximum atomic E-state index is 12.4. The number of carbonyl (C=O) groups excluding carboxylic acids is 1. The number of amides is 2. The molecule has 112 valence electrons. The number of carboxylic acid groups (broad SMARTS) is 1. The number of nitrogens with one attached hydrogen (secondary N) is 1. The van der Waals surface area contributed by atoms with Crippen LogP contribution in [0.5, 0.6) is 0 Å². The summed E-state index contributed by atoms with van der Waals surface area (Å²) in [6.45, 7) is 2.92. The second kappa shape index (κ2) is 5.60. The molecule has 2 amide bonds. The van der Waals surface area contributed by atoms with Crippen LogP contribution in [-0.2, 0) is 4.79 Å². The summed E-state index contributed by atoms with van der Waals surface area (Å²) in [5.74, 6) is -0.822. The topological polar surface area (TPSA) is 72.9 Å². The normalized spacial score (nSPS) is 33.4. The predicted octanol–water partition coefficient (Wildman–Crippen LogP) is 0.872. The molecule has 2 N–H and O–H groups in total. The molecule has 3 heterocycles. The Morgan fingerprint density at radius 3 is 2.70 bits per heavy atom. The maximum absolute atomic E-state index is 12.4. The van der Waals surface area contributed by atoms with E-state index < -0.39 is 5.97 Å². The van der Waals surface area contributed by atoms with Gasteiger partial charge in [-0.25, -0.2) is 4.79 Å². The number of aliphatic carboxylic acids is 1. The molecule has 3 saturated heterocycles. The SMILES string of the molecule is O=C(O)CC1CCCN1C(=O)NC1CCN2CCCC12. The van der Waals surface area contributed by atoms with Gasteiger partial charge in [0.05, 0.1) is 6.42 Å². The van der Waals surface area contributed by atoms with Gasteiger partial charge in [-0.05, 0) is 38.6 Å². The largest absolute Gasteiger partial charge is 0.481 e. The fourth-order valence-corrected chi connectivity index (χ4v) is 4.01. The van der Waals surface area contributed by atoms with Gasteiger partial charge >= 0.3 is 12.0 Å². The molecule has 0 aliphatic carbocycles. The first-order valence-corrected chi connectivity index (χ1v) is 7.68. The van der Waals surface area contributed by atoms with Crippen LogP contribution in [0.15, 0.2) is 0 Å². The van der Waals surface area contributed by atoms with E-state index in [0.29, 0.717) is 12.6 Å². The summed E-state index contributed by atoms with van der Waals surface area (Å²) in [7, 11) is 0. The van der Waals surface area contributed by atoms with Crippen LogP contribution in [0.1, 0.15) is 38.5 Å². The Kier molecular flexibility index (Phi) is 3.83. The molecule has 0 saturated carbocycles. The van der Waals surface area contributed by atoms with Crippen molar-refractivity contribution < 1.29 is 14.7 Å². The van der Waals surface area contributed by atoms with Crippen LogP contribution in [-0.4, -0.2) is 64.7 Å². The van der Waals surface area contributed by atoms with Crippen LogP contribution in [0.2, 0.25) is 0 Å². The first-order chi connectivity index (χ1) is 9.65. The molecule has 0 aromatic heterocycles. The summed E-state index contributed by atoms with van der Waals surface area (Å²) in [5, 5.41) is 12.1. The van der Waals surface area contributed by atoms with Gasteiger partial charge in [0, 0.05) is 31.2 Å². The molecule has 3 fully saturated rings. The molecule has 0 radical (unpaired) electrons. The minimum atomic E-state index is -0.822. The van der Waals surface area contributed by atoms with Crippen molar-refractivity contribution in [2.24, 2.45) is 0 Å². The highest BCUT2D eigenvalue weighted by molar-refractivity contribution is 5.76. The number of hydrogen-bond acceptors (Lipinski definition) is 3. The van der Waals surface area contributed by atoms with Crippen molar-refractivity contribution in [1.82, 2.24) is 15.1 Å². The van der Waals surface area contributed by atoms with E-state index in [1.807, 2.05) is 0 Å². The lowest BCUT2D eigenvalue weighted by atomic mass is 10.1. The van der Waals surface area contributed by atoms with Crippen LogP contribution in [0.4, 0.5) is 4.79 Å². The third-order valence-electron chi connectivity index (χ3n) is 4.96. The second-order valence-corrected chi connectivity index (χ2v) is 6.18. The first kappa shape index (κ1) is 13.7. The highest BCUT2D eigenvalue weighted by Crippen LogP contribution is 2.28. The summed E-state index contributed by atoms with van der Waals surface area (Å²) in [4.78, 5) is 27.4. The highest BCUT2D eigenvalue weighted by Gasteiger charge is 2.39. The summed E-state index contributed by atoms with van der Waals surface area (Å²) >= 11 is 0. The van der Waals surface area contributed by atoms with Crippen molar-refractivity contribution in [2.45, 2.75) is 56.7 Å². The Hall–Kier alpha value is -1.30. The van der Waals surface area contributed by atoms with Crippen molar-refractivity contribution in [2.75, 3.05) is 19.6 Å². The smallest absolute Gasteiger partial charge is 0.317 e. The monoisotopic (exact) mass is 281 g/mol. The zero-order valence-electron chi connectivity index (χ0n) is 11.8. The zero-order valence-corrected chi connectivity index (χ0v) is 11.8. The average molecular weight is 281 g/mol. The molecule has 3 rings (SSSR count). The molecule has 3 atom stereocenters. The van der Waals surface area contributed by atoms with E-state index in [1.54, 1.807) is 4.90 Å². The van der Waals surface area contributed by atoms with Gasteiger partial charge in [0.2, 0.25) is 0 Å². The first-order valence-electron chi connectivity index (χ1n) is 7.68. The Bertz CT molecular complexity index is 401. The Balaban J connectivity index is 1.57. The van der Waals surface area contributed by atoms with E-state index in [9.17, 15) is 9.59 Å². The zero-order chi connectivity index (χ0) is 14.1. The number of rotatable bonds is 3. The molecule has 0 spiro atoms. The van der Waals surface area contributed by atoms with Crippen molar-refractivity contribution in [3.05, 3.63) is 0 Å². The molecule has 0 aromatic rings. The van der Waals surface area contributed by atoms with Crippen molar-refractivity contribution in [3.8, 4) is 0 Å². The van der Waals surface area contributed by atoms with Crippen LogP contribution in [0.25, 0.3) is 0 Å². The molecule has 6 heteroatoms. The number of carboxylic acids is 1.